The van der Waals surface area contributed by atoms with Crippen LogP contribution >= 0.6 is 11.3 Å². The first kappa shape index (κ1) is 12.7. The summed E-state index contributed by atoms with van der Waals surface area (Å²) < 4.78 is 0. The maximum Gasteiger partial charge on any atom is 0.0800 e. The fourth-order valence-corrected chi connectivity index (χ4v) is 2.84. The molecule has 0 aliphatic carbocycles. The Hall–Kier alpha value is -0.340. The van der Waals surface area contributed by atoms with Crippen LogP contribution in [0.4, 0.5) is 0 Å². The summed E-state index contributed by atoms with van der Waals surface area (Å²) in [5.41, 5.74) is 1.14. The SMILES string of the molecule is Cc1cc(C(O)CCCC(C)C)c(C)s1. The number of rotatable bonds is 5. The second kappa shape index (κ2) is 5.66. The molecular formula is C13H22OS. The minimum atomic E-state index is -0.256. The van der Waals surface area contributed by atoms with Crippen molar-refractivity contribution in [2.75, 3.05) is 0 Å². The van der Waals surface area contributed by atoms with Crippen LogP contribution in [0.3, 0.4) is 0 Å². The van der Waals surface area contributed by atoms with Gasteiger partial charge in [0.2, 0.25) is 0 Å². The molecule has 0 aliphatic heterocycles. The molecule has 0 saturated carbocycles. The maximum absolute atomic E-state index is 10.0. The van der Waals surface area contributed by atoms with Crippen LogP contribution < -0.4 is 0 Å². The smallest absolute Gasteiger partial charge is 0.0800 e. The van der Waals surface area contributed by atoms with Gasteiger partial charge in [-0.25, -0.2) is 0 Å². The monoisotopic (exact) mass is 226 g/mol. The Kier molecular flexibility index (Phi) is 4.81. The molecule has 1 N–H and O–H groups in total. The van der Waals surface area contributed by atoms with Gasteiger partial charge in [-0.2, -0.15) is 0 Å². The van der Waals surface area contributed by atoms with Gasteiger partial charge in [-0.05, 0) is 37.8 Å². The zero-order valence-electron chi connectivity index (χ0n) is 10.2. The van der Waals surface area contributed by atoms with Crippen molar-refractivity contribution in [2.24, 2.45) is 5.92 Å². The summed E-state index contributed by atoms with van der Waals surface area (Å²) in [6, 6.07) is 2.13. The van der Waals surface area contributed by atoms with E-state index in [-0.39, 0.29) is 6.10 Å². The summed E-state index contributed by atoms with van der Waals surface area (Å²) in [5, 5.41) is 10.0. The molecule has 2 heteroatoms. The highest BCUT2D eigenvalue weighted by Crippen LogP contribution is 2.29. The lowest BCUT2D eigenvalue weighted by molar-refractivity contribution is 0.162. The Balaban J connectivity index is 2.46. The van der Waals surface area contributed by atoms with Crippen molar-refractivity contribution in [3.63, 3.8) is 0 Å². The van der Waals surface area contributed by atoms with E-state index in [0.29, 0.717) is 0 Å². The third-order valence-electron chi connectivity index (χ3n) is 2.70. The highest BCUT2D eigenvalue weighted by atomic mass is 32.1. The van der Waals surface area contributed by atoms with Crippen molar-refractivity contribution in [1.82, 2.24) is 0 Å². The fraction of sp³-hybridized carbons (Fsp3) is 0.692. The van der Waals surface area contributed by atoms with E-state index in [1.165, 1.54) is 16.2 Å². The summed E-state index contributed by atoms with van der Waals surface area (Å²) in [6.07, 6.45) is 2.97. The lowest BCUT2D eigenvalue weighted by Gasteiger charge is -2.11. The average molecular weight is 226 g/mol. The molecule has 0 aliphatic rings. The Morgan fingerprint density at radius 1 is 1.27 bits per heavy atom. The number of aryl methyl sites for hydroxylation is 2. The van der Waals surface area contributed by atoms with E-state index in [1.54, 1.807) is 11.3 Å². The third-order valence-corrected chi connectivity index (χ3v) is 3.68. The fourth-order valence-electron chi connectivity index (χ4n) is 1.86. The van der Waals surface area contributed by atoms with Gasteiger partial charge in [-0.15, -0.1) is 11.3 Å². The van der Waals surface area contributed by atoms with Crippen LogP contribution in [-0.2, 0) is 0 Å². The second-order valence-electron chi connectivity index (χ2n) is 4.71. The molecular weight excluding hydrogens is 204 g/mol. The summed E-state index contributed by atoms with van der Waals surface area (Å²) in [4.78, 5) is 2.56. The van der Waals surface area contributed by atoms with E-state index in [1.807, 2.05) is 0 Å². The van der Waals surface area contributed by atoms with E-state index < -0.39 is 0 Å². The maximum atomic E-state index is 10.0. The summed E-state index contributed by atoms with van der Waals surface area (Å²) in [5.74, 6) is 0.738. The first-order valence-corrected chi connectivity index (χ1v) is 6.57. The number of aliphatic hydroxyl groups excluding tert-OH is 1. The zero-order valence-corrected chi connectivity index (χ0v) is 11.0. The van der Waals surface area contributed by atoms with Crippen LogP contribution in [0.5, 0.6) is 0 Å². The Bertz CT molecular complexity index is 301. The van der Waals surface area contributed by atoms with Crippen molar-refractivity contribution in [3.05, 3.63) is 21.4 Å². The first-order valence-electron chi connectivity index (χ1n) is 5.75. The summed E-state index contributed by atoms with van der Waals surface area (Å²) in [7, 11) is 0. The molecule has 1 rings (SSSR count). The molecule has 1 atom stereocenters. The zero-order chi connectivity index (χ0) is 11.4. The molecule has 0 amide bonds. The topological polar surface area (TPSA) is 20.2 Å². The van der Waals surface area contributed by atoms with Crippen molar-refractivity contribution >= 4 is 11.3 Å². The molecule has 0 saturated heterocycles. The average Bonchev–Trinajstić information content (AvgIpc) is 2.44. The van der Waals surface area contributed by atoms with Gasteiger partial charge < -0.3 is 5.11 Å². The van der Waals surface area contributed by atoms with Crippen LogP contribution in [0.25, 0.3) is 0 Å². The molecule has 0 radical (unpaired) electrons. The molecule has 0 bridgehead atoms. The number of hydrogen-bond acceptors (Lipinski definition) is 2. The van der Waals surface area contributed by atoms with Crippen LogP contribution in [0, 0.1) is 19.8 Å². The van der Waals surface area contributed by atoms with Crippen LogP contribution in [0.2, 0.25) is 0 Å². The predicted molar refractivity (Wildman–Crippen MR) is 67.4 cm³/mol. The molecule has 0 aromatic carbocycles. The van der Waals surface area contributed by atoms with Crippen LogP contribution in [0.15, 0.2) is 6.07 Å². The van der Waals surface area contributed by atoms with Gasteiger partial charge in [-0.3, -0.25) is 0 Å². The van der Waals surface area contributed by atoms with E-state index in [4.69, 9.17) is 0 Å². The molecule has 1 heterocycles. The first-order chi connectivity index (χ1) is 7.00. The Labute approximate surface area is 97.2 Å². The third kappa shape index (κ3) is 3.96. The minimum Gasteiger partial charge on any atom is -0.388 e. The molecule has 1 aromatic rings. The molecule has 1 aromatic heterocycles. The minimum absolute atomic E-state index is 0.256. The van der Waals surface area contributed by atoms with Gasteiger partial charge in [0.05, 0.1) is 6.10 Å². The highest BCUT2D eigenvalue weighted by molar-refractivity contribution is 7.12. The second-order valence-corrected chi connectivity index (χ2v) is 6.17. The van der Waals surface area contributed by atoms with Crippen molar-refractivity contribution < 1.29 is 5.11 Å². The van der Waals surface area contributed by atoms with Crippen molar-refractivity contribution in [3.8, 4) is 0 Å². The Morgan fingerprint density at radius 2 is 1.93 bits per heavy atom. The summed E-state index contributed by atoms with van der Waals surface area (Å²) in [6.45, 7) is 8.65. The van der Waals surface area contributed by atoms with Gasteiger partial charge >= 0.3 is 0 Å². The predicted octanol–water partition coefficient (Wildman–Crippen LogP) is 4.22. The van der Waals surface area contributed by atoms with Gasteiger partial charge in [0.15, 0.2) is 0 Å². The molecule has 0 fully saturated rings. The van der Waals surface area contributed by atoms with E-state index in [2.05, 4.69) is 33.8 Å². The highest BCUT2D eigenvalue weighted by Gasteiger charge is 2.12. The Morgan fingerprint density at radius 3 is 2.40 bits per heavy atom. The molecule has 15 heavy (non-hydrogen) atoms. The lowest BCUT2D eigenvalue weighted by atomic mass is 10.0. The largest absolute Gasteiger partial charge is 0.388 e. The van der Waals surface area contributed by atoms with E-state index >= 15 is 0 Å². The van der Waals surface area contributed by atoms with Gasteiger partial charge in [0, 0.05) is 9.75 Å². The van der Waals surface area contributed by atoms with E-state index in [0.717, 1.165) is 24.3 Å². The number of aliphatic hydroxyl groups is 1. The normalized spacial score (nSPS) is 13.5. The van der Waals surface area contributed by atoms with Crippen molar-refractivity contribution in [2.45, 2.75) is 53.1 Å². The van der Waals surface area contributed by atoms with Gasteiger partial charge in [0.1, 0.15) is 0 Å². The number of hydrogen-bond donors (Lipinski definition) is 1. The summed E-state index contributed by atoms with van der Waals surface area (Å²) >= 11 is 1.78. The molecule has 0 spiro atoms. The van der Waals surface area contributed by atoms with Gasteiger partial charge in [0.25, 0.3) is 0 Å². The lowest BCUT2D eigenvalue weighted by Crippen LogP contribution is -1.98. The van der Waals surface area contributed by atoms with Crippen LogP contribution in [-0.4, -0.2) is 5.11 Å². The van der Waals surface area contributed by atoms with Crippen molar-refractivity contribution in [1.29, 1.82) is 0 Å². The molecule has 1 unspecified atom stereocenters. The van der Waals surface area contributed by atoms with Gasteiger partial charge in [-0.1, -0.05) is 26.7 Å². The standard InChI is InChI=1S/C13H22OS/c1-9(2)6-5-7-13(14)12-8-10(3)15-11(12)4/h8-9,13-14H,5-7H2,1-4H3. The van der Waals surface area contributed by atoms with Crippen LogP contribution in [0.1, 0.15) is 54.5 Å². The van der Waals surface area contributed by atoms with E-state index in [9.17, 15) is 5.11 Å². The quantitative estimate of drug-likeness (QED) is 0.797. The molecule has 1 nitrogen and oxygen atoms in total. The molecule has 86 valence electrons. The number of thiophene rings is 1.